The SMILES string of the molecule is Cc1ccc2ccccc2c1OCC(=O)N1C[C@@H](C)N(Cc2ccc(F)cc2)C[C@@H]1C. The van der Waals surface area contributed by atoms with E-state index in [1.54, 1.807) is 0 Å². The Balaban J connectivity index is 1.40. The third-order valence-corrected chi connectivity index (χ3v) is 6.15. The molecule has 162 valence electrons. The molecule has 1 aliphatic rings. The van der Waals surface area contributed by atoms with Gasteiger partial charge in [0.1, 0.15) is 11.6 Å². The minimum atomic E-state index is -0.220. The zero-order chi connectivity index (χ0) is 22.0. The Kier molecular flexibility index (Phi) is 6.23. The lowest BCUT2D eigenvalue weighted by atomic mass is 10.1. The van der Waals surface area contributed by atoms with Crippen LogP contribution in [0.5, 0.6) is 5.75 Å². The summed E-state index contributed by atoms with van der Waals surface area (Å²) in [6, 6.07) is 19.1. The number of hydrogen-bond acceptors (Lipinski definition) is 3. The van der Waals surface area contributed by atoms with Crippen LogP contribution in [0.1, 0.15) is 25.0 Å². The number of rotatable bonds is 5. The van der Waals surface area contributed by atoms with Gasteiger partial charge in [-0.05, 0) is 49.4 Å². The molecule has 1 aliphatic heterocycles. The van der Waals surface area contributed by atoms with Crippen molar-refractivity contribution in [3.63, 3.8) is 0 Å². The van der Waals surface area contributed by atoms with E-state index in [1.807, 2.05) is 54.3 Å². The number of nitrogens with zero attached hydrogens (tertiary/aromatic N) is 2. The minimum Gasteiger partial charge on any atom is -0.483 e. The quantitative estimate of drug-likeness (QED) is 0.595. The van der Waals surface area contributed by atoms with E-state index in [9.17, 15) is 9.18 Å². The molecule has 0 spiro atoms. The molecule has 0 aromatic heterocycles. The number of ether oxygens (including phenoxy) is 1. The molecule has 0 saturated carbocycles. The fraction of sp³-hybridized carbons (Fsp3) is 0.346. The van der Waals surface area contributed by atoms with E-state index in [4.69, 9.17) is 4.74 Å². The molecule has 0 unspecified atom stereocenters. The molecule has 5 heteroatoms. The second kappa shape index (κ2) is 9.06. The summed E-state index contributed by atoms with van der Waals surface area (Å²) in [5.74, 6) is 0.567. The number of halogens is 1. The predicted octanol–water partition coefficient (Wildman–Crippen LogP) is 4.79. The number of hydrogen-bond donors (Lipinski definition) is 0. The van der Waals surface area contributed by atoms with Crippen molar-refractivity contribution in [3.8, 4) is 5.75 Å². The van der Waals surface area contributed by atoms with E-state index in [2.05, 4.69) is 24.8 Å². The van der Waals surface area contributed by atoms with Crippen LogP contribution in [0.2, 0.25) is 0 Å². The maximum Gasteiger partial charge on any atom is 0.260 e. The standard InChI is InChI=1S/C26H29FN2O2/c1-18-8-11-22-6-4-5-7-24(22)26(18)31-17-25(30)29-15-19(2)28(14-20(29)3)16-21-9-12-23(27)13-10-21/h4-13,19-20H,14-17H2,1-3H3/t19-,20+/m1/s1. The zero-order valence-corrected chi connectivity index (χ0v) is 18.3. The van der Waals surface area contributed by atoms with Gasteiger partial charge in [0.15, 0.2) is 6.61 Å². The lowest BCUT2D eigenvalue weighted by molar-refractivity contribution is -0.139. The summed E-state index contributed by atoms with van der Waals surface area (Å²) in [6.07, 6.45) is 0. The van der Waals surface area contributed by atoms with Crippen LogP contribution in [0, 0.1) is 12.7 Å². The summed E-state index contributed by atoms with van der Waals surface area (Å²) in [5, 5.41) is 2.13. The number of piperazine rings is 1. The lowest BCUT2D eigenvalue weighted by Crippen LogP contribution is -2.58. The van der Waals surface area contributed by atoms with Crippen molar-refractivity contribution in [1.29, 1.82) is 0 Å². The largest absolute Gasteiger partial charge is 0.483 e. The minimum absolute atomic E-state index is 0.00752. The van der Waals surface area contributed by atoms with Gasteiger partial charge in [0.25, 0.3) is 5.91 Å². The van der Waals surface area contributed by atoms with Gasteiger partial charge in [0.2, 0.25) is 0 Å². The van der Waals surface area contributed by atoms with E-state index in [-0.39, 0.29) is 30.4 Å². The smallest absolute Gasteiger partial charge is 0.260 e. The molecule has 1 saturated heterocycles. The number of amides is 1. The van der Waals surface area contributed by atoms with Crippen LogP contribution in [-0.2, 0) is 11.3 Å². The lowest BCUT2D eigenvalue weighted by Gasteiger charge is -2.44. The highest BCUT2D eigenvalue weighted by Gasteiger charge is 2.32. The van der Waals surface area contributed by atoms with Crippen molar-refractivity contribution in [2.45, 2.75) is 39.4 Å². The predicted molar refractivity (Wildman–Crippen MR) is 122 cm³/mol. The van der Waals surface area contributed by atoms with Gasteiger partial charge in [0, 0.05) is 37.1 Å². The van der Waals surface area contributed by atoms with Gasteiger partial charge in [-0.25, -0.2) is 4.39 Å². The highest BCUT2D eigenvalue weighted by molar-refractivity contribution is 5.90. The van der Waals surface area contributed by atoms with Gasteiger partial charge in [0.05, 0.1) is 0 Å². The van der Waals surface area contributed by atoms with Crippen molar-refractivity contribution in [3.05, 3.63) is 77.6 Å². The number of aryl methyl sites for hydroxylation is 1. The topological polar surface area (TPSA) is 32.8 Å². The Morgan fingerprint density at radius 2 is 1.74 bits per heavy atom. The molecule has 1 amide bonds. The van der Waals surface area contributed by atoms with Crippen molar-refractivity contribution < 1.29 is 13.9 Å². The summed E-state index contributed by atoms with van der Waals surface area (Å²) in [7, 11) is 0. The molecular formula is C26H29FN2O2. The molecule has 0 aliphatic carbocycles. The molecule has 3 aromatic rings. The van der Waals surface area contributed by atoms with E-state index in [1.165, 1.54) is 12.1 Å². The maximum absolute atomic E-state index is 13.2. The van der Waals surface area contributed by atoms with Gasteiger partial charge in [-0.1, -0.05) is 48.5 Å². The van der Waals surface area contributed by atoms with Crippen molar-refractivity contribution in [2.24, 2.45) is 0 Å². The van der Waals surface area contributed by atoms with Crippen LogP contribution in [0.4, 0.5) is 4.39 Å². The Bertz CT molecular complexity index is 1070. The second-order valence-electron chi connectivity index (χ2n) is 8.52. The zero-order valence-electron chi connectivity index (χ0n) is 18.3. The highest BCUT2D eigenvalue weighted by atomic mass is 19.1. The summed E-state index contributed by atoms with van der Waals surface area (Å²) in [5.41, 5.74) is 2.10. The first-order valence-electron chi connectivity index (χ1n) is 10.8. The molecule has 2 atom stereocenters. The van der Waals surface area contributed by atoms with Crippen LogP contribution >= 0.6 is 0 Å². The van der Waals surface area contributed by atoms with Crippen molar-refractivity contribution >= 4 is 16.7 Å². The third-order valence-electron chi connectivity index (χ3n) is 6.15. The molecule has 31 heavy (non-hydrogen) atoms. The average molecular weight is 421 g/mol. The van der Waals surface area contributed by atoms with E-state index < -0.39 is 0 Å². The first kappa shape index (κ1) is 21.3. The summed E-state index contributed by atoms with van der Waals surface area (Å²) in [6.45, 7) is 8.42. The Labute approximate surface area is 183 Å². The van der Waals surface area contributed by atoms with Crippen molar-refractivity contribution in [2.75, 3.05) is 19.7 Å². The van der Waals surface area contributed by atoms with Gasteiger partial charge in [-0.3, -0.25) is 9.69 Å². The summed E-state index contributed by atoms with van der Waals surface area (Å²) >= 11 is 0. The van der Waals surface area contributed by atoms with E-state index >= 15 is 0 Å². The Morgan fingerprint density at radius 1 is 1.00 bits per heavy atom. The Morgan fingerprint density at radius 3 is 2.52 bits per heavy atom. The molecule has 1 heterocycles. The normalized spacial score (nSPS) is 19.5. The van der Waals surface area contributed by atoms with E-state index in [0.29, 0.717) is 6.54 Å². The summed E-state index contributed by atoms with van der Waals surface area (Å²) in [4.78, 5) is 17.3. The van der Waals surface area contributed by atoms with Gasteiger partial charge >= 0.3 is 0 Å². The number of benzene rings is 3. The maximum atomic E-state index is 13.2. The molecule has 3 aromatic carbocycles. The van der Waals surface area contributed by atoms with Gasteiger partial charge in [-0.2, -0.15) is 0 Å². The molecule has 0 bridgehead atoms. The fourth-order valence-electron chi connectivity index (χ4n) is 4.35. The first-order chi connectivity index (χ1) is 14.9. The highest BCUT2D eigenvalue weighted by Crippen LogP contribution is 2.29. The van der Waals surface area contributed by atoms with Crippen LogP contribution in [0.25, 0.3) is 10.8 Å². The first-order valence-corrected chi connectivity index (χ1v) is 10.8. The number of fused-ring (bicyclic) bond motifs is 1. The van der Waals surface area contributed by atoms with Crippen LogP contribution in [0.3, 0.4) is 0 Å². The van der Waals surface area contributed by atoms with Gasteiger partial charge in [-0.15, -0.1) is 0 Å². The molecule has 4 rings (SSSR count). The molecular weight excluding hydrogens is 391 g/mol. The van der Waals surface area contributed by atoms with Gasteiger partial charge < -0.3 is 9.64 Å². The number of carbonyl (C=O) groups excluding carboxylic acids is 1. The fourth-order valence-corrected chi connectivity index (χ4v) is 4.35. The van der Waals surface area contributed by atoms with Crippen LogP contribution in [0.15, 0.2) is 60.7 Å². The van der Waals surface area contributed by atoms with Crippen LogP contribution < -0.4 is 4.74 Å². The monoisotopic (exact) mass is 420 g/mol. The average Bonchev–Trinajstić information content (AvgIpc) is 2.76. The Hall–Kier alpha value is -2.92. The molecule has 0 N–H and O–H groups in total. The molecule has 4 nitrogen and oxygen atoms in total. The van der Waals surface area contributed by atoms with E-state index in [0.717, 1.165) is 40.7 Å². The summed E-state index contributed by atoms with van der Waals surface area (Å²) < 4.78 is 19.2. The number of carbonyl (C=O) groups is 1. The van der Waals surface area contributed by atoms with Crippen molar-refractivity contribution in [1.82, 2.24) is 9.80 Å². The molecule has 0 radical (unpaired) electrons. The second-order valence-corrected chi connectivity index (χ2v) is 8.52. The third kappa shape index (κ3) is 4.72. The molecule has 1 fully saturated rings. The van der Waals surface area contributed by atoms with Crippen LogP contribution in [-0.4, -0.2) is 47.5 Å².